The molecule has 0 spiro atoms. The molecule has 1 saturated carbocycles. The summed E-state index contributed by atoms with van der Waals surface area (Å²) in [7, 11) is 0. The molecule has 1 aliphatic carbocycles. The van der Waals surface area contributed by atoms with Gasteiger partial charge in [-0.3, -0.25) is 9.47 Å². The van der Waals surface area contributed by atoms with E-state index in [0.29, 0.717) is 23.8 Å². The number of aromatic hydroxyl groups is 2. The van der Waals surface area contributed by atoms with Crippen LogP contribution in [0.1, 0.15) is 38.7 Å². The molecule has 4 rings (SSSR count). The van der Waals surface area contributed by atoms with Gasteiger partial charge in [0, 0.05) is 50.4 Å². The van der Waals surface area contributed by atoms with Gasteiger partial charge in [0.25, 0.3) is 0 Å². The molecule has 2 aliphatic rings. The second-order valence-electron chi connectivity index (χ2n) is 9.18. The second-order valence-corrected chi connectivity index (χ2v) is 9.18. The van der Waals surface area contributed by atoms with Crippen molar-refractivity contribution in [3.8, 4) is 17.5 Å². The minimum absolute atomic E-state index is 0.0330. The number of hydrogen-bond donors (Lipinski definition) is 3. The van der Waals surface area contributed by atoms with Crippen molar-refractivity contribution in [2.24, 2.45) is 0 Å². The van der Waals surface area contributed by atoms with Crippen LogP contribution in [0.3, 0.4) is 0 Å². The van der Waals surface area contributed by atoms with Crippen molar-refractivity contribution in [3.63, 3.8) is 0 Å². The van der Waals surface area contributed by atoms with Crippen molar-refractivity contribution >= 4 is 11.4 Å². The summed E-state index contributed by atoms with van der Waals surface area (Å²) >= 11 is 0. The predicted molar refractivity (Wildman–Crippen MR) is 125 cm³/mol. The topological polar surface area (TPSA) is 73.1 Å². The fraction of sp³-hybridized carbons (Fsp3) is 0.583. The smallest absolute Gasteiger partial charge is 0.218 e. The van der Waals surface area contributed by atoms with E-state index in [1.807, 2.05) is 20.8 Å². The number of nitrogens with zero attached hydrogens (tertiary/aromatic N) is 3. The first-order valence-electron chi connectivity index (χ1n) is 11.6. The average Bonchev–Trinajstić information content (AvgIpc) is 3.56. The highest BCUT2D eigenvalue weighted by Gasteiger charge is 2.27. The molecule has 3 N–H and O–H groups in total. The summed E-state index contributed by atoms with van der Waals surface area (Å²) in [4.78, 5) is 4.55. The summed E-state index contributed by atoms with van der Waals surface area (Å²) in [5.74, 6) is 0.731. The SMILES string of the molecule is Cc1c(NC2CC2)c(O)n(CCCN2CCN(c3cc(F)ccc3OC(C)C)CC2)c1O. The lowest BCUT2D eigenvalue weighted by Crippen LogP contribution is -2.47. The van der Waals surface area contributed by atoms with E-state index >= 15 is 0 Å². The number of benzene rings is 1. The molecular weight excluding hydrogens is 411 g/mol. The molecule has 0 radical (unpaired) electrons. The average molecular weight is 447 g/mol. The highest BCUT2D eigenvalue weighted by atomic mass is 19.1. The van der Waals surface area contributed by atoms with E-state index in [2.05, 4.69) is 15.1 Å². The van der Waals surface area contributed by atoms with E-state index in [0.717, 1.165) is 63.4 Å². The molecule has 1 saturated heterocycles. The summed E-state index contributed by atoms with van der Waals surface area (Å²) in [6, 6.07) is 5.12. The number of rotatable bonds is 9. The number of halogens is 1. The Hall–Kier alpha value is -2.61. The Morgan fingerprint density at radius 2 is 1.81 bits per heavy atom. The Balaban J connectivity index is 1.30. The lowest BCUT2D eigenvalue weighted by Gasteiger charge is -2.37. The van der Waals surface area contributed by atoms with E-state index in [1.165, 1.54) is 6.07 Å². The maximum absolute atomic E-state index is 13.9. The van der Waals surface area contributed by atoms with Crippen LogP contribution in [-0.4, -0.2) is 64.5 Å². The van der Waals surface area contributed by atoms with Crippen LogP contribution in [0.2, 0.25) is 0 Å². The van der Waals surface area contributed by atoms with Gasteiger partial charge in [-0.05, 0) is 58.7 Å². The number of ether oxygens (including phenoxy) is 1. The normalized spacial score (nSPS) is 17.2. The first kappa shape index (κ1) is 22.6. The van der Waals surface area contributed by atoms with E-state index in [9.17, 15) is 14.6 Å². The van der Waals surface area contributed by atoms with E-state index in [-0.39, 0.29) is 23.7 Å². The molecular formula is C24H35FN4O3. The monoisotopic (exact) mass is 446 g/mol. The van der Waals surface area contributed by atoms with Crippen molar-refractivity contribution in [1.29, 1.82) is 0 Å². The van der Waals surface area contributed by atoms with Gasteiger partial charge < -0.3 is 25.2 Å². The fourth-order valence-electron chi connectivity index (χ4n) is 4.29. The molecule has 0 amide bonds. The van der Waals surface area contributed by atoms with Crippen LogP contribution in [0.4, 0.5) is 15.8 Å². The lowest BCUT2D eigenvalue weighted by molar-refractivity contribution is 0.234. The molecule has 32 heavy (non-hydrogen) atoms. The van der Waals surface area contributed by atoms with Gasteiger partial charge in [0.05, 0.1) is 11.8 Å². The molecule has 1 aromatic carbocycles. The maximum atomic E-state index is 13.9. The molecule has 0 bridgehead atoms. The fourth-order valence-corrected chi connectivity index (χ4v) is 4.29. The zero-order valence-corrected chi connectivity index (χ0v) is 19.3. The largest absolute Gasteiger partial charge is 0.494 e. The molecule has 2 aromatic rings. The van der Waals surface area contributed by atoms with Crippen LogP contribution in [0.15, 0.2) is 18.2 Å². The van der Waals surface area contributed by atoms with Crippen LogP contribution in [-0.2, 0) is 6.54 Å². The number of piperazine rings is 1. The summed E-state index contributed by atoms with van der Waals surface area (Å²) < 4.78 is 21.3. The number of hydrogen-bond acceptors (Lipinski definition) is 6. The zero-order valence-electron chi connectivity index (χ0n) is 19.3. The van der Waals surface area contributed by atoms with Gasteiger partial charge in [-0.2, -0.15) is 0 Å². The first-order valence-corrected chi connectivity index (χ1v) is 11.6. The van der Waals surface area contributed by atoms with Gasteiger partial charge in [0.15, 0.2) is 5.88 Å². The van der Waals surface area contributed by atoms with Gasteiger partial charge in [-0.15, -0.1) is 0 Å². The third kappa shape index (κ3) is 5.06. The van der Waals surface area contributed by atoms with Gasteiger partial charge >= 0.3 is 0 Å². The van der Waals surface area contributed by atoms with Crippen LogP contribution in [0.25, 0.3) is 0 Å². The molecule has 2 heterocycles. The summed E-state index contributed by atoms with van der Waals surface area (Å²) in [5.41, 5.74) is 2.18. The molecule has 0 atom stereocenters. The second kappa shape index (κ2) is 9.48. The van der Waals surface area contributed by atoms with Gasteiger partial charge in [0.1, 0.15) is 17.3 Å². The third-order valence-electron chi connectivity index (χ3n) is 6.22. The Labute approximate surface area is 189 Å². The van der Waals surface area contributed by atoms with Crippen LogP contribution < -0.4 is 15.0 Å². The van der Waals surface area contributed by atoms with Crippen molar-refractivity contribution in [1.82, 2.24) is 9.47 Å². The van der Waals surface area contributed by atoms with E-state index in [1.54, 1.807) is 16.7 Å². The zero-order chi connectivity index (χ0) is 22.8. The number of nitrogens with one attached hydrogen (secondary N) is 1. The minimum atomic E-state index is -0.254. The minimum Gasteiger partial charge on any atom is -0.494 e. The molecule has 2 fully saturated rings. The van der Waals surface area contributed by atoms with Gasteiger partial charge in [-0.1, -0.05) is 0 Å². The Morgan fingerprint density at radius 3 is 2.47 bits per heavy atom. The quantitative estimate of drug-likeness (QED) is 0.542. The van der Waals surface area contributed by atoms with Crippen LogP contribution in [0, 0.1) is 12.7 Å². The predicted octanol–water partition coefficient (Wildman–Crippen LogP) is 3.92. The van der Waals surface area contributed by atoms with Crippen LogP contribution in [0.5, 0.6) is 17.5 Å². The first-order chi connectivity index (χ1) is 15.3. The van der Waals surface area contributed by atoms with E-state index < -0.39 is 0 Å². The van der Waals surface area contributed by atoms with E-state index in [4.69, 9.17) is 4.74 Å². The Morgan fingerprint density at radius 1 is 1.09 bits per heavy atom. The summed E-state index contributed by atoms with van der Waals surface area (Å²) in [5, 5.41) is 24.3. The van der Waals surface area contributed by atoms with Crippen LogP contribution >= 0.6 is 0 Å². The van der Waals surface area contributed by atoms with Crippen molar-refractivity contribution in [2.75, 3.05) is 42.9 Å². The molecule has 1 aliphatic heterocycles. The molecule has 0 unspecified atom stereocenters. The standard InChI is InChI=1S/C24H35FN4O3/c1-16(2)32-21-8-5-18(25)15-20(21)28-13-11-27(12-14-28)9-4-10-29-23(30)17(3)22(24(29)31)26-19-6-7-19/h5,8,15-16,19,26,30-31H,4,6-7,9-14H2,1-3H3. The molecule has 176 valence electrons. The number of anilines is 2. The van der Waals surface area contributed by atoms with Gasteiger partial charge in [-0.25, -0.2) is 4.39 Å². The molecule has 7 nitrogen and oxygen atoms in total. The maximum Gasteiger partial charge on any atom is 0.218 e. The number of aromatic nitrogens is 1. The molecule has 8 heteroatoms. The lowest BCUT2D eigenvalue weighted by atomic mass is 10.2. The van der Waals surface area contributed by atoms with Gasteiger partial charge in [0.2, 0.25) is 5.88 Å². The highest BCUT2D eigenvalue weighted by molar-refractivity contribution is 5.65. The summed E-state index contributed by atoms with van der Waals surface area (Å²) in [6.07, 6.45) is 3.07. The van der Waals surface area contributed by atoms with Crippen molar-refractivity contribution in [2.45, 2.75) is 58.7 Å². The molecule has 1 aromatic heterocycles. The Bertz CT molecular complexity index is 934. The summed E-state index contributed by atoms with van der Waals surface area (Å²) in [6.45, 7) is 10.5. The van der Waals surface area contributed by atoms with Crippen molar-refractivity contribution in [3.05, 3.63) is 29.6 Å². The Kier molecular flexibility index (Phi) is 6.69. The third-order valence-corrected chi connectivity index (χ3v) is 6.22. The highest BCUT2D eigenvalue weighted by Crippen LogP contribution is 2.40. The van der Waals surface area contributed by atoms with Crippen molar-refractivity contribution < 1.29 is 19.3 Å².